The molecule has 0 bridgehead atoms. The van der Waals surface area contributed by atoms with Crippen molar-refractivity contribution in [3.8, 4) is 0 Å². The van der Waals surface area contributed by atoms with Gasteiger partial charge in [0.25, 0.3) is 17.7 Å². The molecule has 7 nitrogen and oxygen atoms in total. The van der Waals surface area contributed by atoms with E-state index in [2.05, 4.69) is 5.32 Å². The van der Waals surface area contributed by atoms with Gasteiger partial charge >= 0.3 is 35.5 Å². The predicted molar refractivity (Wildman–Crippen MR) is 105 cm³/mol. The number of carboxylic acid groups (broad SMARTS) is 1. The van der Waals surface area contributed by atoms with E-state index in [9.17, 15) is 28.3 Å². The standard InChI is InChI=1S/C21H22F2N2O5.Na.H/c22-21(23)8-5-15(6-9-21)14-3-1-13(2-4-14)12-25-10-7-16(26)18(20(25)30)19(29)24-11-17(27)28;;/h1-5,26H,6-12H2,(H,24,29)(H,27,28);;/q;+1;-1. The Kier molecular flexibility index (Phi) is 8.39. The third kappa shape index (κ3) is 6.38. The summed E-state index contributed by atoms with van der Waals surface area (Å²) in [5.74, 6) is -5.88. The number of alkyl halides is 2. The van der Waals surface area contributed by atoms with Crippen LogP contribution in [0.25, 0.3) is 5.57 Å². The predicted octanol–water partition coefficient (Wildman–Crippen LogP) is -0.249. The zero-order chi connectivity index (χ0) is 21.9. The Morgan fingerprint density at radius 1 is 1.19 bits per heavy atom. The number of amides is 2. The monoisotopic (exact) mass is 444 g/mol. The molecule has 1 aromatic rings. The minimum absolute atomic E-state index is 0. The van der Waals surface area contributed by atoms with Crippen molar-refractivity contribution >= 4 is 23.4 Å². The van der Waals surface area contributed by atoms with Gasteiger partial charge in [-0.2, -0.15) is 0 Å². The number of aliphatic hydroxyl groups excluding tert-OH is 1. The van der Waals surface area contributed by atoms with Crippen LogP contribution >= 0.6 is 0 Å². The summed E-state index contributed by atoms with van der Waals surface area (Å²) >= 11 is 0. The molecule has 0 saturated carbocycles. The van der Waals surface area contributed by atoms with Gasteiger partial charge in [0.1, 0.15) is 17.9 Å². The molecule has 0 unspecified atom stereocenters. The summed E-state index contributed by atoms with van der Waals surface area (Å²) in [4.78, 5) is 36.7. The van der Waals surface area contributed by atoms with Crippen LogP contribution in [0.3, 0.4) is 0 Å². The van der Waals surface area contributed by atoms with Crippen molar-refractivity contribution in [2.24, 2.45) is 0 Å². The van der Waals surface area contributed by atoms with E-state index < -0.39 is 35.8 Å². The summed E-state index contributed by atoms with van der Waals surface area (Å²) in [5, 5.41) is 20.7. The first-order valence-electron chi connectivity index (χ1n) is 9.54. The molecule has 0 fully saturated rings. The van der Waals surface area contributed by atoms with Crippen molar-refractivity contribution in [1.82, 2.24) is 10.2 Å². The maximum Gasteiger partial charge on any atom is 1.00 e. The molecule has 10 heteroatoms. The van der Waals surface area contributed by atoms with Gasteiger partial charge < -0.3 is 21.9 Å². The van der Waals surface area contributed by atoms with E-state index in [4.69, 9.17) is 5.11 Å². The van der Waals surface area contributed by atoms with Crippen molar-refractivity contribution in [3.05, 3.63) is 52.8 Å². The number of rotatable bonds is 6. The van der Waals surface area contributed by atoms with Crippen molar-refractivity contribution < 1.29 is 64.4 Å². The summed E-state index contributed by atoms with van der Waals surface area (Å²) < 4.78 is 26.6. The molecule has 0 atom stereocenters. The molecule has 1 aliphatic heterocycles. The van der Waals surface area contributed by atoms with Crippen LogP contribution in [0.5, 0.6) is 0 Å². The first kappa shape index (κ1) is 25.0. The van der Waals surface area contributed by atoms with Crippen LogP contribution in [0.4, 0.5) is 8.78 Å². The van der Waals surface area contributed by atoms with Gasteiger partial charge in [-0.15, -0.1) is 0 Å². The Hall–Kier alpha value is -2.23. The van der Waals surface area contributed by atoms with Crippen LogP contribution in [0.2, 0.25) is 0 Å². The Labute approximate surface area is 201 Å². The molecule has 162 valence electrons. The van der Waals surface area contributed by atoms with Crippen molar-refractivity contribution in [2.75, 3.05) is 13.1 Å². The molecule has 2 amide bonds. The van der Waals surface area contributed by atoms with Crippen molar-refractivity contribution in [3.63, 3.8) is 0 Å². The van der Waals surface area contributed by atoms with E-state index in [0.717, 1.165) is 16.7 Å². The SMILES string of the molecule is O=C(O)CNC(=O)C1=C(O)CCN(Cc2ccc(C3=CCC(F)(F)CC3)cc2)C1=O.[H-].[Na+]. The molecule has 3 rings (SSSR count). The summed E-state index contributed by atoms with van der Waals surface area (Å²) in [7, 11) is 0. The minimum Gasteiger partial charge on any atom is -1.00 e. The fourth-order valence-electron chi connectivity index (χ4n) is 3.47. The normalized spacial score (nSPS) is 18.2. The van der Waals surface area contributed by atoms with Gasteiger partial charge in [-0.1, -0.05) is 30.3 Å². The summed E-state index contributed by atoms with van der Waals surface area (Å²) in [6.07, 6.45) is 1.50. The number of allylic oxidation sites excluding steroid dienone is 2. The number of carbonyl (C=O) groups excluding carboxylic acids is 2. The van der Waals surface area contributed by atoms with Gasteiger partial charge in [-0.05, 0) is 23.1 Å². The topological polar surface area (TPSA) is 107 Å². The molecule has 1 heterocycles. The maximum absolute atomic E-state index is 13.3. The van der Waals surface area contributed by atoms with Gasteiger partial charge in [0.2, 0.25) is 0 Å². The largest absolute Gasteiger partial charge is 1.00 e. The van der Waals surface area contributed by atoms with E-state index in [-0.39, 0.29) is 69.1 Å². The van der Waals surface area contributed by atoms with E-state index in [1.54, 1.807) is 18.2 Å². The van der Waals surface area contributed by atoms with E-state index in [1.807, 2.05) is 12.1 Å². The fraction of sp³-hybridized carbons (Fsp3) is 0.381. The third-order valence-electron chi connectivity index (χ3n) is 5.14. The van der Waals surface area contributed by atoms with Crippen LogP contribution < -0.4 is 34.9 Å². The van der Waals surface area contributed by atoms with Crippen molar-refractivity contribution in [2.45, 2.75) is 38.2 Å². The summed E-state index contributed by atoms with van der Waals surface area (Å²) in [6.45, 7) is -0.256. The number of aliphatic hydroxyl groups is 1. The Bertz CT molecular complexity index is 935. The van der Waals surface area contributed by atoms with E-state index in [1.165, 1.54) is 4.90 Å². The van der Waals surface area contributed by atoms with Crippen LogP contribution in [0.1, 0.15) is 38.2 Å². The number of halogens is 2. The van der Waals surface area contributed by atoms with Gasteiger partial charge in [0.15, 0.2) is 0 Å². The Balaban J connectivity index is 0.00000256. The number of nitrogens with one attached hydrogen (secondary N) is 1. The average Bonchev–Trinajstić information content (AvgIpc) is 2.69. The quantitative estimate of drug-likeness (QED) is 0.415. The number of carboxylic acids is 1. The number of benzene rings is 1. The molecular weight excluding hydrogens is 421 g/mol. The Morgan fingerprint density at radius 2 is 1.87 bits per heavy atom. The molecule has 0 spiro atoms. The second-order valence-corrected chi connectivity index (χ2v) is 7.36. The molecule has 2 aliphatic rings. The summed E-state index contributed by atoms with van der Waals surface area (Å²) in [6, 6.07) is 7.21. The molecule has 0 radical (unpaired) electrons. The maximum atomic E-state index is 13.3. The van der Waals surface area contributed by atoms with Crippen LogP contribution in [-0.2, 0) is 20.9 Å². The second kappa shape index (κ2) is 10.4. The fourth-order valence-corrected chi connectivity index (χ4v) is 3.47. The number of hydrogen-bond acceptors (Lipinski definition) is 4. The molecule has 31 heavy (non-hydrogen) atoms. The third-order valence-corrected chi connectivity index (χ3v) is 5.14. The number of carbonyl (C=O) groups is 3. The number of nitrogens with zero attached hydrogens (tertiary/aromatic N) is 1. The first-order valence-corrected chi connectivity index (χ1v) is 9.54. The van der Waals surface area contributed by atoms with Crippen molar-refractivity contribution in [1.29, 1.82) is 0 Å². The zero-order valence-electron chi connectivity index (χ0n) is 18.2. The molecule has 0 aromatic heterocycles. The van der Waals surface area contributed by atoms with Gasteiger partial charge in [0, 0.05) is 32.4 Å². The van der Waals surface area contributed by atoms with Gasteiger partial charge in [-0.3, -0.25) is 14.4 Å². The second-order valence-electron chi connectivity index (χ2n) is 7.36. The van der Waals surface area contributed by atoms with E-state index in [0.29, 0.717) is 6.42 Å². The molecule has 0 saturated heterocycles. The molecular formula is C21H23F2N2NaO5. The molecule has 1 aliphatic carbocycles. The Morgan fingerprint density at radius 3 is 2.45 bits per heavy atom. The molecule has 3 N–H and O–H groups in total. The number of aliphatic carboxylic acids is 1. The van der Waals surface area contributed by atoms with Crippen LogP contribution in [0.15, 0.2) is 41.7 Å². The minimum atomic E-state index is -2.65. The van der Waals surface area contributed by atoms with Gasteiger partial charge in [0.05, 0.1) is 0 Å². The van der Waals surface area contributed by atoms with Crippen LogP contribution in [0, 0.1) is 0 Å². The number of hydrogen-bond donors (Lipinski definition) is 3. The smallest absolute Gasteiger partial charge is 1.00 e. The molecule has 1 aromatic carbocycles. The summed E-state index contributed by atoms with van der Waals surface area (Å²) in [5.41, 5.74) is 2.05. The average molecular weight is 444 g/mol. The van der Waals surface area contributed by atoms with E-state index >= 15 is 0 Å². The van der Waals surface area contributed by atoms with Gasteiger partial charge in [-0.25, -0.2) is 8.78 Å². The zero-order valence-corrected chi connectivity index (χ0v) is 19.2. The van der Waals surface area contributed by atoms with Crippen LogP contribution in [-0.4, -0.2) is 51.9 Å². The first-order chi connectivity index (χ1) is 14.2.